The van der Waals surface area contributed by atoms with Crippen LogP contribution in [-0.2, 0) is 9.59 Å². The Bertz CT molecular complexity index is 996. The third kappa shape index (κ3) is 2.68. The van der Waals surface area contributed by atoms with Gasteiger partial charge in [0.05, 0.1) is 17.6 Å². The van der Waals surface area contributed by atoms with E-state index in [1.54, 1.807) is 0 Å². The van der Waals surface area contributed by atoms with Crippen molar-refractivity contribution in [3.05, 3.63) is 63.7 Å². The van der Waals surface area contributed by atoms with Gasteiger partial charge in [0.2, 0.25) is 5.91 Å². The standard InChI is InChI=1S/C23H24ClN3O2/c1-13-11-14(2)19(15(3)12-13)27-22(28)18-20(16-5-7-17(24)8-6-16)25-9-4-10-26(25)21(18)23(27)29/h5-8,11-12,18,20-21H,4,9-10H2,1-3H3/t18-,20-,21+/m0/s1. The molecule has 3 fully saturated rings. The lowest BCUT2D eigenvalue weighted by atomic mass is 9.90. The summed E-state index contributed by atoms with van der Waals surface area (Å²) in [6, 6.07) is 11.2. The van der Waals surface area contributed by atoms with Gasteiger partial charge in [-0.15, -0.1) is 0 Å². The van der Waals surface area contributed by atoms with Crippen LogP contribution in [0, 0.1) is 26.7 Å². The van der Waals surface area contributed by atoms with E-state index in [-0.39, 0.29) is 17.9 Å². The molecule has 0 radical (unpaired) electrons. The molecule has 3 aliphatic heterocycles. The topological polar surface area (TPSA) is 43.9 Å². The summed E-state index contributed by atoms with van der Waals surface area (Å²) in [5.41, 5.74) is 4.85. The van der Waals surface area contributed by atoms with E-state index in [2.05, 4.69) is 10.0 Å². The van der Waals surface area contributed by atoms with E-state index in [1.807, 2.05) is 57.2 Å². The molecule has 0 bridgehead atoms. The first-order valence-corrected chi connectivity index (χ1v) is 10.5. The minimum absolute atomic E-state index is 0.0931. The van der Waals surface area contributed by atoms with Gasteiger partial charge in [-0.05, 0) is 56.0 Å². The first-order valence-electron chi connectivity index (χ1n) is 10.1. The van der Waals surface area contributed by atoms with Gasteiger partial charge in [0.1, 0.15) is 6.04 Å². The Morgan fingerprint density at radius 2 is 1.45 bits per heavy atom. The minimum Gasteiger partial charge on any atom is -0.274 e. The van der Waals surface area contributed by atoms with Crippen LogP contribution < -0.4 is 4.90 Å². The molecule has 0 aromatic heterocycles. The van der Waals surface area contributed by atoms with Crippen LogP contribution in [0.15, 0.2) is 36.4 Å². The molecule has 0 unspecified atom stereocenters. The van der Waals surface area contributed by atoms with Crippen LogP contribution in [0.2, 0.25) is 5.02 Å². The number of halogens is 1. The molecule has 0 aliphatic carbocycles. The van der Waals surface area contributed by atoms with Gasteiger partial charge >= 0.3 is 0 Å². The second-order valence-corrected chi connectivity index (χ2v) is 8.84. The summed E-state index contributed by atoms with van der Waals surface area (Å²) in [4.78, 5) is 28.7. The Balaban J connectivity index is 1.61. The van der Waals surface area contributed by atoms with E-state index >= 15 is 0 Å². The Labute approximate surface area is 175 Å². The molecule has 29 heavy (non-hydrogen) atoms. The Kier molecular flexibility index (Phi) is 4.32. The van der Waals surface area contributed by atoms with Crippen LogP contribution in [0.25, 0.3) is 0 Å². The quantitative estimate of drug-likeness (QED) is 0.707. The van der Waals surface area contributed by atoms with Crippen molar-refractivity contribution in [2.45, 2.75) is 39.3 Å². The van der Waals surface area contributed by atoms with Crippen molar-refractivity contribution in [1.29, 1.82) is 0 Å². The Morgan fingerprint density at radius 3 is 2.07 bits per heavy atom. The van der Waals surface area contributed by atoms with Crippen LogP contribution >= 0.6 is 11.6 Å². The van der Waals surface area contributed by atoms with E-state index < -0.39 is 12.0 Å². The van der Waals surface area contributed by atoms with E-state index in [4.69, 9.17) is 11.6 Å². The highest BCUT2D eigenvalue weighted by Crippen LogP contribution is 2.49. The zero-order chi connectivity index (χ0) is 20.4. The fourth-order valence-corrected chi connectivity index (χ4v) is 5.64. The van der Waals surface area contributed by atoms with Gasteiger partial charge in [0, 0.05) is 18.1 Å². The van der Waals surface area contributed by atoms with Crippen molar-refractivity contribution in [3.8, 4) is 0 Å². The molecule has 3 atom stereocenters. The van der Waals surface area contributed by atoms with E-state index in [0.717, 1.165) is 47.5 Å². The van der Waals surface area contributed by atoms with Gasteiger partial charge in [-0.1, -0.05) is 41.4 Å². The number of rotatable bonds is 2. The highest BCUT2D eigenvalue weighted by Gasteiger charge is 2.63. The first kappa shape index (κ1) is 18.8. The van der Waals surface area contributed by atoms with Crippen molar-refractivity contribution < 1.29 is 9.59 Å². The number of hydrogen-bond donors (Lipinski definition) is 0. The Hall–Kier alpha value is -2.21. The lowest BCUT2D eigenvalue weighted by Gasteiger charge is -2.30. The number of hydrazine groups is 1. The fourth-order valence-electron chi connectivity index (χ4n) is 5.52. The number of imide groups is 1. The zero-order valence-electron chi connectivity index (χ0n) is 16.9. The molecule has 2 aromatic carbocycles. The molecule has 5 rings (SSSR count). The van der Waals surface area contributed by atoms with Crippen molar-refractivity contribution in [3.63, 3.8) is 0 Å². The predicted octanol–water partition coefficient (Wildman–Crippen LogP) is 3.80. The summed E-state index contributed by atoms with van der Waals surface area (Å²) in [7, 11) is 0. The smallest absolute Gasteiger partial charge is 0.253 e. The largest absolute Gasteiger partial charge is 0.274 e. The number of aryl methyl sites for hydroxylation is 3. The predicted molar refractivity (Wildman–Crippen MR) is 113 cm³/mol. The number of carbonyl (C=O) groups excluding carboxylic acids is 2. The molecule has 3 heterocycles. The van der Waals surface area contributed by atoms with E-state index in [0.29, 0.717) is 5.02 Å². The third-order valence-corrected chi connectivity index (χ3v) is 6.73. The molecular weight excluding hydrogens is 386 g/mol. The average Bonchev–Trinajstić information content (AvgIpc) is 3.30. The first-order chi connectivity index (χ1) is 13.9. The van der Waals surface area contributed by atoms with Crippen molar-refractivity contribution in [2.24, 2.45) is 5.92 Å². The minimum atomic E-state index is -0.425. The van der Waals surface area contributed by atoms with E-state index in [1.165, 1.54) is 4.90 Å². The fraction of sp³-hybridized carbons (Fsp3) is 0.391. The van der Waals surface area contributed by atoms with Crippen molar-refractivity contribution >= 4 is 29.1 Å². The number of benzene rings is 2. The van der Waals surface area contributed by atoms with Crippen LogP contribution in [0.4, 0.5) is 5.69 Å². The molecule has 150 valence electrons. The second kappa shape index (κ2) is 6.66. The van der Waals surface area contributed by atoms with Crippen molar-refractivity contribution in [2.75, 3.05) is 18.0 Å². The molecule has 6 heteroatoms. The number of anilines is 1. The SMILES string of the molecule is Cc1cc(C)c(N2C(=O)[C@@H]3[C@H](C2=O)N2CCCN2[C@H]3c2ccc(Cl)cc2)c(C)c1. The van der Waals surface area contributed by atoms with Crippen LogP contribution in [0.1, 0.15) is 34.7 Å². The summed E-state index contributed by atoms with van der Waals surface area (Å²) in [5, 5.41) is 5.02. The summed E-state index contributed by atoms with van der Waals surface area (Å²) in [6.45, 7) is 7.66. The van der Waals surface area contributed by atoms with Crippen LogP contribution in [0.5, 0.6) is 0 Å². The van der Waals surface area contributed by atoms with Gasteiger partial charge in [0.25, 0.3) is 5.91 Å². The molecule has 5 nitrogen and oxygen atoms in total. The number of nitrogens with zero attached hydrogens (tertiary/aromatic N) is 3. The normalized spacial score (nSPS) is 27.0. The molecule has 2 amide bonds. The summed E-state index contributed by atoms with van der Waals surface area (Å²) >= 11 is 6.09. The highest BCUT2D eigenvalue weighted by molar-refractivity contribution is 6.30. The maximum atomic E-state index is 13.7. The average molecular weight is 410 g/mol. The lowest BCUT2D eigenvalue weighted by molar-refractivity contribution is -0.126. The zero-order valence-corrected chi connectivity index (χ0v) is 17.6. The summed E-state index contributed by atoms with van der Waals surface area (Å²) in [5.74, 6) is -0.591. The summed E-state index contributed by atoms with van der Waals surface area (Å²) in [6.07, 6.45) is 0.997. The van der Waals surface area contributed by atoms with Gasteiger partial charge in [0.15, 0.2) is 0 Å². The van der Waals surface area contributed by atoms with Gasteiger partial charge in [-0.2, -0.15) is 0 Å². The van der Waals surface area contributed by atoms with Gasteiger partial charge in [-0.3, -0.25) is 9.59 Å². The van der Waals surface area contributed by atoms with Crippen LogP contribution in [0.3, 0.4) is 0 Å². The maximum absolute atomic E-state index is 13.7. The second-order valence-electron chi connectivity index (χ2n) is 8.41. The lowest BCUT2D eigenvalue weighted by Crippen LogP contribution is -2.44. The Morgan fingerprint density at radius 1 is 0.862 bits per heavy atom. The molecule has 0 saturated carbocycles. The molecule has 2 aromatic rings. The van der Waals surface area contributed by atoms with E-state index in [9.17, 15) is 9.59 Å². The molecular formula is C23H24ClN3O2. The monoisotopic (exact) mass is 409 g/mol. The van der Waals surface area contributed by atoms with Gasteiger partial charge < -0.3 is 0 Å². The summed E-state index contributed by atoms with van der Waals surface area (Å²) < 4.78 is 0. The number of carbonyl (C=O) groups is 2. The highest BCUT2D eigenvalue weighted by atomic mass is 35.5. The molecule has 0 N–H and O–H groups in total. The molecule has 0 spiro atoms. The maximum Gasteiger partial charge on any atom is 0.253 e. The van der Waals surface area contributed by atoms with Crippen molar-refractivity contribution in [1.82, 2.24) is 10.0 Å². The molecule has 3 saturated heterocycles. The van der Waals surface area contributed by atoms with Crippen LogP contribution in [-0.4, -0.2) is 41.0 Å². The van der Waals surface area contributed by atoms with Gasteiger partial charge in [-0.25, -0.2) is 14.9 Å². The number of amides is 2. The number of hydrogen-bond acceptors (Lipinski definition) is 4. The molecule has 3 aliphatic rings. The third-order valence-electron chi connectivity index (χ3n) is 6.48. The number of fused-ring (bicyclic) bond motifs is 3.